The minimum absolute atomic E-state index is 0.0980. The Morgan fingerprint density at radius 3 is 2.62 bits per heavy atom. The molecule has 21 heavy (non-hydrogen) atoms. The van der Waals surface area contributed by atoms with Gasteiger partial charge in [0, 0.05) is 39.2 Å². The SMILES string of the molecule is CN(CCC(=O)O)C(=O)Nc1ccc2c(c1)OC(C)(C)O2. The van der Waals surface area contributed by atoms with Gasteiger partial charge in [-0.15, -0.1) is 0 Å². The number of anilines is 1. The highest BCUT2D eigenvalue weighted by molar-refractivity contribution is 5.89. The second-order valence-corrected chi connectivity index (χ2v) is 5.26. The predicted octanol–water partition coefficient (Wildman–Crippen LogP) is 2.13. The molecule has 7 nitrogen and oxygen atoms in total. The van der Waals surface area contributed by atoms with E-state index in [4.69, 9.17) is 14.6 Å². The van der Waals surface area contributed by atoms with Crippen molar-refractivity contribution >= 4 is 17.7 Å². The topological polar surface area (TPSA) is 88.1 Å². The molecule has 0 aromatic heterocycles. The molecule has 0 fully saturated rings. The van der Waals surface area contributed by atoms with E-state index in [2.05, 4.69) is 5.32 Å². The number of urea groups is 1. The van der Waals surface area contributed by atoms with Gasteiger partial charge in [-0.25, -0.2) is 4.79 Å². The van der Waals surface area contributed by atoms with Crippen LogP contribution in [0.4, 0.5) is 10.5 Å². The van der Waals surface area contributed by atoms with Gasteiger partial charge in [0.05, 0.1) is 6.42 Å². The van der Waals surface area contributed by atoms with Gasteiger partial charge < -0.3 is 24.8 Å². The molecule has 0 saturated carbocycles. The number of nitrogens with one attached hydrogen (secondary N) is 1. The molecule has 1 aromatic rings. The maximum absolute atomic E-state index is 11.9. The lowest BCUT2D eigenvalue weighted by Crippen LogP contribution is -2.33. The van der Waals surface area contributed by atoms with Crippen LogP contribution in [0.5, 0.6) is 11.5 Å². The van der Waals surface area contributed by atoms with Crippen LogP contribution in [0.25, 0.3) is 0 Å². The van der Waals surface area contributed by atoms with Crippen LogP contribution in [-0.4, -0.2) is 41.4 Å². The predicted molar refractivity (Wildman–Crippen MR) is 75.7 cm³/mol. The Balaban J connectivity index is 1.98. The summed E-state index contributed by atoms with van der Waals surface area (Å²) in [6.07, 6.45) is -0.0980. The normalized spacial score (nSPS) is 14.6. The standard InChI is InChI=1S/C14H18N2O5/c1-14(2)20-10-5-4-9(8-11(10)21-14)15-13(19)16(3)7-6-12(17)18/h4-5,8H,6-7H2,1-3H3,(H,15,19)(H,17,18). The van der Waals surface area contributed by atoms with E-state index < -0.39 is 11.8 Å². The number of carbonyl (C=O) groups excluding carboxylic acids is 1. The third-order valence-electron chi connectivity index (χ3n) is 2.91. The fraction of sp³-hybridized carbons (Fsp3) is 0.429. The molecule has 0 atom stereocenters. The quantitative estimate of drug-likeness (QED) is 0.888. The molecule has 0 aliphatic carbocycles. The average molecular weight is 294 g/mol. The van der Waals surface area contributed by atoms with Gasteiger partial charge in [0.2, 0.25) is 5.79 Å². The molecule has 1 heterocycles. The van der Waals surface area contributed by atoms with E-state index >= 15 is 0 Å². The van der Waals surface area contributed by atoms with Gasteiger partial charge >= 0.3 is 12.0 Å². The number of carboxylic acid groups (broad SMARTS) is 1. The Bertz CT molecular complexity index is 570. The maximum Gasteiger partial charge on any atom is 0.321 e. The highest BCUT2D eigenvalue weighted by Gasteiger charge is 2.31. The molecular formula is C14H18N2O5. The fourth-order valence-corrected chi connectivity index (χ4v) is 1.88. The van der Waals surface area contributed by atoms with Gasteiger partial charge in [-0.1, -0.05) is 0 Å². The molecule has 0 unspecified atom stereocenters. The van der Waals surface area contributed by atoms with Crippen molar-refractivity contribution in [3.8, 4) is 11.5 Å². The number of carbonyl (C=O) groups is 2. The van der Waals surface area contributed by atoms with Gasteiger partial charge in [-0.2, -0.15) is 0 Å². The van der Waals surface area contributed by atoms with Crippen LogP contribution in [0.3, 0.4) is 0 Å². The molecule has 0 saturated heterocycles. The molecule has 0 radical (unpaired) electrons. The summed E-state index contributed by atoms with van der Waals surface area (Å²) in [7, 11) is 1.54. The van der Waals surface area contributed by atoms with Crippen LogP contribution in [-0.2, 0) is 4.79 Å². The monoisotopic (exact) mass is 294 g/mol. The molecule has 2 rings (SSSR count). The first-order chi connectivity index (χ1) is 9.77. The number of benzene rings is 1. The Labute approximate surface area is 122 Å². The first-order valence-corrected chi connectivity index (χ1v) is 6.53. The first kappa shape index (κ1) is 15.0. The molecule has 114 valence electrons. The van der Waals surface area contributed by atoms with E-state index in [-0.39, 0.29) is 19.0 Å². The lowest BCUT2D eigenvalue weighted by Gasteiger charge is -2.17. The van der Waals surface area contributed by atoms with E-state index in [1.807, 2.05) is 0 Å². The van der Waals surface area contributed by atoms with Crippen molar-refractivity contribution in [2.75, 3.05) is 18.9 Å². The molecule has 1 aliphatic rings. The molecule has 7 heteroatoms. The zero-order chi connectivity index (χ0) is 15.6. The number of carboxylic acids is 1. The molecule has 2 amide bonds. The number of rotatable bonds is 4. The zero-order valence-electron chi connectivity index (χ0n) is 12.2. The van der Waals surface area contributed by atoms with Gasteiger partial charge in [-0.05, 0) is 12.1 Å². The van der Waals surface area contributed by atoms with E-state index in [0.717, 1.165) is 0 Å². The number of ether oxygens (including phenoxy) is 2. The summed E-state index contributed by atoms with van der Waals surface area (Å²) in [5.41, 5.74) is 0.558. The number of hydrogen-bond donors (Lipinski definition) is 2. The van der Waals surface area contributed by atoms with Gasteiger partial charge in [0.25, 0.3) is 0 Å². The van der Waals surface area contributed by atoms with E-state index in [9.17, 15) is 9.59 Å². The molecular weight excluding hydrogens is 276 g/mol. The van der Waals surface area contributed by atoms with Crippen LogP contribution in [0.15, 0.2) is 18.2 Å². The van der Waals surface area contributed by atoms with Crippen LogP contribution < -0.4 is 14.8 Å². The summed E-state index contributed by atoms with van der Waals surface area (Å²) in [6.45, 7) is 3.73. The summed E-state index contributed by atoms with van der Waals surface area (Å²) < 4.78 is 11.1. The third-order valence-corrected chi connectivity index (χ3v) is 2.91. The second kappa shape index (κ2) is 5.51. The van der Waals surface area contributed by atoms with Crippen molar-refractivity contribution in [2.24, 2.45) is 0 Å². The highest BCUT2D eigenvalue weighted by Crippen LogP contribution is 2.40. The number of fused-ring (bicyclic) bond motifs is 1. The Kier molecular flexibility index (Phi) is 3.93. The summed E-state index contributed by atoms with van der Waals surface area (Å²) in [5.74, 6) is -0.480. The van der Waals surface area contributed by atoms with Gasteiger partial charge in [0.15, 0.2) is 11.5 Å². The third kappa shape index (κ3) is 3.77. The second-order valence-electron chi connectivity index (χ2n) is 5.26. The zero-order valence-corrected chi connectivity index (χ0v) is 12.2. The Morgan fingerprint density at radius 2 is 1.95 bits per heavy atom. The molecule has 0 bridgehead atoms. The van der Waals surface area contributed by atoms with Crippen molar-refractivity contribution in [3.63, 3.8) is 0 Å². The Hall–Kier alpha value is -2.44. The first-order valence-electron chi connectivity index (χ1n) is 6.53. The largest absolute Gasteiger partial charge is 0.481 e. The number of nitrogens with zero attached hydrogens (tertiary/aromatic N) is 1. The lowest BCUT2D eigenvalue weighted by molar-refractivity contribution is -0.137. The minimum atomic E-state index is -0.944. The number of hydrogen-bond acceptors (Lipinski definition) is 4. The van der Waals surface area contributed by atoms with E-state index in [1.54, 1.807) is 32.0 Å². The van der Waals surface area contributed by atoms with Crippen molar-refractivity contribution in [1.29, 1.82) is 0 Å². The fourth-order valence-electron chi connectivity index (χ4n) is 1.88. The molecule has 0 spiro atoms. The van der Waals surface area contributed by atoms with E-state index in [0.29, 0.717) is 17.2 Å². The summed E-state index contributed by atoms with van der Waals surface area (Å²) in [6, 6.07) is 4.71. The number of aliphatic carboxylic acids is 1. The highest BCUT2D eigenvalue weighted by atomic mass is 16.7. The number of amides is 2. The average Bonchev–Trinajstić information content (AvgIpc) is 2.68. The van der Waals surface area contributed by atoms with Crippen LogP contribution >= 0.6 is 0 Å². The molecule has 1 aliphatic heterocycles. The maximum atomic E-state index is 11.9. The van der Waals surface area contributed by atoms with Crippen LogP contribution in [0.2, 0.25) is 0 Å². The van der Waals surface area contributed by atoms with Crippen molar-refractivity contribution in [1.82, 2.24) is 4.90 Å². The van der Waals surface area contributed by atoms with Crippen LogP contribution in [0, 0.1) is 0 Å². The Morgan fingerprint density at radius 1 is 1.29 bits per heavy atom. The summed E-state index contributed by atoms with van der Waals surface area (Å²) in [4.78, 5) is 23.7. The summed E-state index contributed by atoms with van der Waals surface area (Å²) in [5, 5.41) is 11.3. The molecule has 1 aromatic carbocycles. The molecule has 2 N–H and O–H groups in total. The smallest absolute Gasteiger partial charge is 0.321 e. The van der Waals surface area contributed by atoms with Gasteiger partial charge in [-0.3, -0.25) is 4.79 Å². The van der Waals surface area contributed by atoms with Gasteiger partial charge in [0.1, 0.15) is 0 Å². The van der Waals surface area contributed by atoms with E-state index in [1.165, 1.54) is 11.9 Å². The van der Waals surface area contributed by atoms with Crippen molar-refractivity contribution in [3.05, 3.63) is 18.2 Å². The minimum Gasteiger partial charge on any atom is -0.481 e. The van der Waals surface area contributed by atoms with Crippen LogP contribution in [0.1, 0.15) is 20.3 Å². The summed E-state index contributed by atoms with van der Waals surface area (Å²) >= 11 is 0. The van der Waals surface area contributed by atoms with Crippen molar-refractivity contribution < 1.29 is 24.2 Å². The van der Waals surface area contributed by atoms with Crippen molar-refractivity contribution in [2.45, 2.75) is 26.1 Å². The lowest BCUT2D eigenvalue weighted by atomic mass is 10.3.